The van der Waals surface area contributed by atoms with Crippen molar-refractivity contribution in [3.8, 4) is 17.0 Å². The summed E-state index contributed by atoms with van der Waals surface area (Å²) in [7, 11) is 1.58. The maximum atomic E-state index is 12.3. The van der Waals surface area contributed by atoms with E-state index in [1.807, 2.05) is 41.1 Å². The molecule has 7 nitrogen and oxygen atoms in total. The minimum absolute atomic E-state index is 0.259. The van der Waals surface area contributed by atoms with Crippen molar-refractivity contribution in [3.05, 3.63) is 60.0 Å². The molecule has 1 aliphatic carbocycles. The summed E-state index contributed by atoms with van der Waals surface area (Å²) < 4.78 is 7.32. The number of pyridine rings is 1. The standard InChI is InChI=1S/C22H25N5O2/c1-29-20-9-5-3-7-18(20)25-22(28)24-14-15-27-19-8-4-2-6-17(19)21(26-27)16-10-12-23-13-11-16/h3,5,7,9-13H,2,4,6,8,14-15H2,1H3,(H2,24,25,28). The molecular weight excluding hydrogens is 366 g/mol. The van der Waals surface area contributed by atoms with Crippen molar-refractivity contribution >= 4 is 11.7 Å². The van der Waals surface area contributed by atoms with Gasteiger partial charge in [-0.25, -0.2) is 4.79 Å². The van der Waals surface area contributed by atoms with E-state index in [-0.39, 0.29) is 6.03 Å². The van der Waals surface area contributed by atoms with Crippen LogP contribution >= 0.6 is 0 Å². The number of benzene rings is 1. The SMILES string of the molecule is COc1ccccc1NC(=O)NCCn1nc(-c2ccncc2)c2c1CCCC2. The van der Waals surface area contributed by atoms with Gasteiger partial charge >= 0.3 is 6.03 Å². The predicted octanol–water partition coefficient (Wildman–Crippen LogP) is 3.65. The second-order valence-electron chi connectivity index (χ2n) is 7.02. The van der Waals surface area contributed by atoms with Crippen LogP contribution in [0.1, 0.15) is 24.1 Å². The lowest BCUT2D eigenvalue weighted by atomic mass is 9.94. The number of fused-ring (bicyclic) bond motifs is 1. The van der Waals surface area contributed by atoms with Gasteiger partial charge in [0.2, 0.25) is 0 Å². The number of aromatic nitrogens is 3. The van der Waals surface area contributed by atoms with Gasteiger partial charge in [-0.15, -0.1) is 0 Å². The van der Waals surface area contributed by atoms with Gasteiger partial charge in [0.05, 0.1) is 25.0 Å². The first-order chi connectivity index (χ1) is 14.3. The second-order valence-corrected chi connectivity index (χ2v) is 7.02. The van der Waals surface area contributed by atoms with E-state index in [4.69, 9.17) is 9.84 Å². The van der Waals surface area contributed by atoms with Crippen LogP contribution in [0.2, 0.25) is 0 Å². The van der Waals surface area contributed by atoms with Crippen LogP contribution in [0.3, 0.4) is 0 Å². The number of rotatable bonds is 6. The number of hydrogen-bond donors (Lipinski definition) is 2. The molecule has 150 valence electrons. The largest absolute Gasteiger partial charge is 0.495 e. The van der Waals surface area contributed by atoms with Gasteiger partial charge in [-0.1, -0.05) is 12.1 Å². The van der Waals surface area contributed by atoms with E-state index in [9.17, 15) is 4.79 Å². The third-order valence-electron chi connectivity index (χ3n) is 5.17. The summed E-state index contributed by atoms with van der Waals surface area (Å²) in [5.74, 6) is 0.630. The lowest BCUT2D eigenvalue weighted by Crippen LogP contribution is -2.32. The zero-order valence-electron chi connectivity index (χ0n) is 16.5. The number of nitrogens with zero attached hydrogens (tertiary/aromatic N) is 3. The summed E-state index contributed by atoms with van der Waals surface area (Å²) >= 11 is 0. The molecule has 0 aliphatic heterocycles. The van der Waals surface area contributed by atoms with Crippen molar-refractivity contribution in [2.24, 2.45) is 0 Å². The van der Waals surface area contributed by atoms with Gasteiger partial charge in [0, 0.05) is 35.8 Å². The molecule has 3 aromatic rings. The summed E-state index contributed by atoms with van der Waals surface area (Å²) in [6.07, 6.45) is 8.04. The molecule has 0 bridgehead atoms. The molecule has 1 aliphatic rings. The molecule has 0 unspecified atom stereocenters. The number of carbonyl (C=O) groups excluding carboxylic acids is 1. The van der Waals surface area contributed by atoms with Crippen LogP contribution in [-0.2, 0) is 19.4 Å². The smallest absolute Gasteiger partial charge is 0.319 e. The lowest BCUT2D eigenvalue weighted by Gasteiger charge is -2.15. The van der Waals surface area contributed by atoms with Crippen molar-refractivity contribution in [1.29, 1.82) is 0 Å². The number of ether oxygens (including phenoxy) is 1. The third kappa shape index (κ3) is 4.23. The Morgan fingerprint density at radius 3 is 2.76 bits per heavy atom. The topological polar surface area (TPSA) is 81.1 Å². The van der Waals surface area contributed by atoms with Gasteiger partial charge in [-0.2, -0.15) is 5.10 Å². The fourth-order valence-corrected chi connectivity index (χ4v) is 3.79. The van der Waals surface area contributed by atoms with Crippen LogP contribution in [0.15, 0.2) is 48.8 Å². The molecule has 0 radical (unpaired) electrons. The van der Waals surface area contributed by atoms with Gasteiger partial charge in [0.25, 0.3) is 0 Å². The highest BCUT2D eigenvalue weighted by molar-refractivity contribution is 5.90. The third-order valence-corrected chi connectivity index (χ3v) is 5.17. The normalized spacial score (nSPS) is 12.9. The highest BCUT2D eigenvalue weighted by Gasteiger charge is 2.21. The molecule has 2 amide bonds. The van der Waals surface area contributed by atoms with Crippen LogP contribution < -0.4 is 15.4 Å². The van der Waals surface area contributed by atoms with Crippen molar-refractivity contribution < 1.29 is 9.53 Å². The number of urea groups is 1. The summed E-state index contributed by atoms with van der Waals surface area (Å²) in [5.41, 5.74) is 5.40. The van der Waals surface area contributed by atoms with Crippen LogP contribution in [0.25, 0.3) is 11.3 Å². The van der Waals surface area contributed by atoms with Gasteiger partial charge in [-0.05, 0) is 49.9 Å². The number of hydrogen-bond acceptors (Lipinski definition) is 4. The van der Waals surface area contributed by atoms with E-state index in [0.717, 1.165) is 24.1 Å². The van der Waals surface area contributed by atoms with Crippen molar-refractivity contribution in [2.75, 3.05) is 19.0 Å². The second kappa shape index (κ2) is 8.77. The Morgan fingerprint density at radius 2 is 1.93 bits per heavy atom. The molecule has 2 heterocycles. The molecule has 0 saturated heterocycles. The van der Waals surface area contributed by atoms with Crippen LogP contribution in [0, 0.1) is 0 Å². The summed E-state index contributed by atoms with van der Waals surface area (Å²) in [5, 5.41) is 10.6. The summed E-state index contributed by atoms with van der Waals surface area (Å²) in [6.45, 7) is 1.12. The maximum absolute atomic E-state index is 12.3. The zero-order valence-corrected chi connectivity index (χ0v) is 16.5. The van der Waals surface area contributed by atoms with Crippen LogP contribution in [-0.4, -0.2) is 34.5 Å². The molecule has 29 heavy (non-hydrogen) atoms. The van der Waals surface area contributed by atoms with E-state index in [1.54, 1.807) is 19.5 Å². The van der Waals surface area contributed by atoms with Gasteiger partial charge < -0.3 is 15.4 Å². The fraction of sp³-hybridized carbons (Fsp3) is 0.318. The van der Waals surface area contributed by atoms with E-state index in [2.05, 4.69) is 15.6 Å². The molecule has 2 aromatic heterocycles. The molecule has 4 rings (SSSR count). The van der Waals surface area contributed by atoms with Crippen LogP contribution in [0.5, 0.6) is 5.75 Å². The first-order valence-electron chi connectivity index (χ1n) is 9.93. The Balaban J connectivity index is 1.42. The Kier molecular flexibility index (Phi) is 5.74. The Hall–Kier alpha value is -3.35. The minimum atomic E-state index is -0.259. The number of nitrogens with one attached hydrogen (secondary N) is 2. The Labute approximate surface area is 170 Å². The molecular formula is C22H25N5O2. The quantitative estimate of drug-likeness (QED) is 0.672. The molecule has 0 fully saturated rings. The summed E-state index contributed by atoms with van der Waals surface area (Å²) in [4.78, 5) is 16.4. The van der Waals surface area contributed by atoms with E-state index >= 15 is 0 Å². The van der Waals surface area contributed by atoms with E-state index < -0.39 is 0 Å². The number of para-hydroxylation sites is 2. The van der Waals surface area contributed by atoms with Gasteiger partial charge in [-0.3, -0.25) is 9.67 Å². The number of anilines is 1. The lowest BCUT2D eigenvalue weighted by molar-refractivity contribution is 0.251. The van der Waals surface area contributed by atoms with Gasteiger partial charge in [0.1, 0.15) is 5.75 Å². The van der Waals surface area contributed by atoms with E-state index in [1.165, 1.54) is 24.1 Å². The van der Waals surface area contributed by atoms with Crippen LogP contribution in [0.4, 0.5) is 10.5 Å². The Bertz CT molecular complexity index is 984. The number of methoxy groups -OCH3 is 1. The van der Waals surface area contributed by atoms with Crippen molar-refractivity contribution in [1.82, 2.24) is 20.1 Å². The number of amides is 2. The van der Waals surface area contributed by atoms with E-state index in [0.29, 0.717) is 24.5 Å². The molecule has 7 heteroatoms. The molecule has 1 aromatic carbocycles. The fourth-order valence-electron chi connectivity index (χ4n) is 3.79. The zero-order chi connectivity index (χ0) is 20.1. The molecule has 2 N–H and O–H groups in total. The molecule has 0 atom stereocenters. The minimum Gasteiger partial charge on any atom is -0.495 e. The predicted molar refractivity (Wildman–Crippen MR) is 112 cm³/mol. The van der Waals surface area contributed by atoms with Crippen molar-refractivity contribution in [3.63, 3.8) is 0 Å². The average Bonchev–Trinajstić information content (AvgIpc) is 3.13. The average molecular weight is 391 g/mol. The highest BCUT2D eigenvalue weighted by atomic mass is 16.5. The van der Waals surface area contributed by atoms with Crippen molar-refractivity contribution in [2.45, 2.75) is 32.2 Å². The number of carbonyl (C=O) groups is 1. The first kappa shape index (κ1) is 19.0. The van der Waals surface area contributed by atoms with Gasteiger partial charge in [0.15, 0.2) is 0 Å². The monoisotopic (exact) mass is 391 g/mol. The molecule has 0 saturated carbocycles. The highest BCUT2D eigenvalue weighted by Crippen LogP contribution is 2.30. The Morgan fingerprint density at radius 1 is 1.14 bits per heavy atom. The summed E-state index contributed by atoms with van der Waals surface area (Å²) in [6, 6.07) is 11.1. The maximum Gasteiger partial charge on any atom is 0.319 e. The first-order valence-corrected chi connectivity index (χ1v) is 9.93. The molecule has 0 spiro atoms.